The Labute approximate surface area is 257 Å². The van der Waals surface area contributed by atoms with Gasteiger partial charge in [0.05, 0.1) is 0 Å². The van der Waals surface area contributed by atoms with E-state index in [9.17, 15) is 19.2 Å². The molecule has 9 heteroatoms. The molecule has 4 fully saturated rings. The summed E-state index contributed by atoms with van der Waals surface area (Å²) in [6.45, 7) is 7.15. The number of benzene rings is 2. The average molecular weight is 601 g/mol. The van der Waals surface area contributed by atoms with Crippen molar-refractivity contribution < 1.29 is 19.2 Å². The van der Waals surface area contributed by atoms with Gasteiger partial charge in [-0.15, -0.1) is 0 Å². The predicted octanol–water partition coefficient (Wildman–Crippen LogP) is 4.55. The second kappa shape index (κ2) is 10.6. The number of hydrogen-bond donors (Lipinski definition) is 1. The number of amides is 4. The minimum Gasteiger partial charge on any atom is -0.336 e. The molecule has 3 atom stereocenters. The van der Waals surface area contributed by atoms with Crippen LogP contribution in [0.25, 0.3) is 5.57 Å². The average Bonchev–Trinajstić information content (AvgIpc) is 3.30. The Morgan fingerprint density at radius 3 is 2.49 bits per heavy atom. The van der Waals surface area contributed by atoms with E-state index in [4.69, 9.17) is 11.6 Å². The molecule has 6 aliphatic rings. The molecule has 4 saturated heterocycles. The first-order valence-corrected chi connectivity index (χ1v) is 15.7. The molecule has 2 aromatic rings. The summed E-state index contributed by atoms with van der Waals surface area (Å²) in [5.41, 5.74) is 6.06. The number of nitrogens with one attached hydrogen (secondary N) is 1. The number of rotatable bonds is 5. The van der Waals surface area contributed by atoms with Gasteiger partial charge in [-0.1, -0.05) is 49.7 Å². The van der Waals surface area contributed by atoms with Crippen molar-refractivity contribution in [1.82, 2.24) is 20.0 Å². The third kappa shape index (κ3) is 5.18. The Morgan fingerprint density at radius 1 is 1.02 bits per heavy atom. The fourth-order valence-corrected chi connectivity index (χ4v) is 7.82. The van der Waals surface area contributed by atoms with E-state index in [1.165, 1.54) is 0 Å². The van der Waals surface area contributed by atoms with Crippen molar-refractivity contribution in [2.24, 2.45) is 5.41 Å². The molecule has 2 aromatic carbocycles. The zero-order valence-corrected chi connectivity index (χ0v) is 25.5. The summed E-state index contributed by atoms with van der Waals surface area (Å²) in [7, 11) is 0. The zero-order chi connectivity index (χ0) is 30.0. The minimum absolute atomic E-state index is 0.149. The molecule has 1 N–H and O–H groups in total. The first kappa shape index (κ1) is 28.3. The van der Waals surface area contributed by atoms with Crippen molar-refractivity contribution in [2.45, 2.75) is 83.6 Å². The van der Waals surface area contributed by atoms with Gasteiger partial charge in [0, 0.05) is 60.8 Å². The Balaban J connectivity index is 1.03. The second-order valence-electron chi connectivity index (χ2n) is 13.6. The van der Waals surface area contributed by atoms with Crippen molar-refractivity contribution in [2.75, 3.05) is 13.1 Å². The maximum atomic E-state index is 13.9. The molecule has 43 heavy (non-hydrogen) atoms. The minimum atomic E-state index is -0.607. The standard InChI is InChI=1S/C34H37ClN4O4/c1-34(2)12-11-27(28(15-34)21-4-6-23(35)7-5-21)32(42)37-18-24-14-25(19-37)38(24)16-20-3-8-26-22(13-20)17-39(33(26)43)29-9-10-30(40)36-31(29)41/h3-8,13,24-25,29H,9-12,14-19H2,1-2H3,(H,36,40,41). The van der Waals surface area contributed by atoms with Gasteiger partial charge < -0.3 is 9.80 Å². The Kier molecular flexibility index (Phi) is 6.97. The fraction of sp³-hybridized carbons (Fsp3) is 0.471. The molecule has 3 unspecified atom stereocenters. The highest BCUT2D eigenvalue weighted by Crippen LogP contribution is 2.44. The van der Waals surface area contributed by atoms with Crippen molar-refractivity contribution in [3.05, 3.63) is 75.3 Å². The molecule has 5 heterocycles. The Bertz CT molecular complexity index is 1550. The van der Waals surface area contributed by atoms with Crippen LogP contribution in [0.4, 0.5) is 0 Å². The third-order valence-electron chi connectivity index (χ3n) is 10.1. The van der Waals surface area contributed by atoms with Crippen molar-refractivity contribution in [1.29, 1.82) is 0 Å². The molecular weight excluding hydrogens is 564 g/mol. The van der Waals surface area contributed by atoms with Crippen LogP contribution in [-0.2, 0) is 27.5 Å². The zero-order valence-electron chi connectivity index (χ0n) is 24.7. The maximum Gasteiger partial charge on any atom is 0.255 e. The molecule has 0 saturated carbocycles. The van der Waals surface area contributed by atoms with Crippen LogP contribution in [0.1, 0.15) is 79.4 Å². The van der Waals surface area contributed by atoms with Crippen LogP contribution in [0.15, 0.2) is 48.0 Å². The number of carbonyl (C=O) groups is 4. The lowest BCUT2D eigenvalue weighted by molar-refractivity contribution is -0.141. The Hall–Kier alpha value is -3.49. The quantitative estimate of drug-likeness (QED) is 0.509. The van der Waals surface area contributed by atoms with E-state index < -0.39 is 11.9 Å². The third-order valence-corrected chi connectivity index (χ3v) is 10.4. The normalized spacial score (nSPS) is 26.8. The van der Waals surface area contributed by atoms with Crippen molar-refractivity contribution in [3.8, 4) is 0 Å². The summed E-state index contributed by atoms with van der Waals surface area (Å²) in [5.74, 6) is -0.642. The van der Waals surface area contributed by atoms with Gasteiger partial charge in [0.15, 0.2) is 0 Å². The number of piperidine rings is 2. The molecule has 8 rings (SSSR count). The van der Waals surface area contributed by atoms with E-state index in [1.807, 2.05) is 36.4 Å². The molecule has 224 valence electrons. The summed E-state index contributed by atoms with van der Waals surface area (Å²) in [4.78, 5) is 57.1. The number of carbonyl (C=O) groups excluding carboxylic acids is 4. The van der Waals surface area contributed by atoms with E-state index in [2.05, 4.69) is 35.0 Å². The first-order valence-electron chi connectivity index (χ1n) is 15.4. The molecular formula is C34H37ClN4O4. The van der Waals surface area contributed by atoms with Gasteiger partial charge in [-0.05, 0) is 78.0 Å². The lowest BCUT2D eigenvalue weighted by Crippen LogP contribution is -2.69. The van der Waals surface area contributed by atoms with Gasteiger partial charge in [0.1, 0.15) is 6.04 Å². The molecule has 4 amide bonds. The number of hydrogen-bond acceptors (Lipinski definition) is 5. The van der Waals surface area contributed by atoms with Crippen LogP contribution < -0.4 is 5.32 Å². The summed E-state index contributed by atoms with van der Waals surface area (Å²) in [6, 6.07) is 13.9. The highest BCUT2D eigenvalue weighted by molar-refractivity contribution is 6.30. The topological polar surface area (TPSA) is 90.0 Å². The van der Waals surface area contributed by atoms with Gasteiger partial charge in [0.25, 0.3) is 5.91 Å². The summed E-state index contributed by atoms with van der Waals surface area (Å²) < 4.78 is 0. The SMILES string of the molecule is CC1(C)CCC(C(=O)N2CC3CC(C2)N3Cc2ccc3c(c2)CN(C2CCC(=O)NC2=O)C3=O)=C(c2ccc(Cl)cc2)C1. The van der Waals surface area contributed by atoms with E-state index >= 15 is 0 Å². The summed E-state index contributed by atoms with van der Waals surface area (Å²) in [6.07, 6.45) is 4.37. The van der Waals surface area contributed by atoms with Crippen LogP contribution in [0.3, 0.4) is 0 Å². The van der Waals surface area contributed by atoms with Gasteiger partial charge >= 0.3 is 0 Å². The van der Waals surface area contributed by atoms with Crippen LogP contribution in [0, 0.1) is 5.41 Å². The van der Waals surface area contributed by atoms with E-state index in [0.29, 0.717) is 35.6 Å². The van der Waals surface area contributed by atoms with E-state index in [0.717, 1.165) is 73.2 Å². The number of halogens is 1. The van der Waals surface area contributed by atoms with Gasteiger partial charge in [0.2, 0.25) is 17.7 Å². The fourth-order valence-electron chi connectivity index (χ4n) is 7.69. The number of allylic oxidation sites excluding steroid dienone is 1. The molecule has 2 bridgehead atoms. The number of piperazine rings is 1. The summed E-state index contributed by atoms with van der Waals surface area (Å²) in [5, 5.41) is 3.06. The molecule has 8 nitrogen and oxygen atoms in total. The van der Waals surface area contributed by atoms with Crippen molar-refractivity contribution >= 4 is 40.8 Å². The van der Waals surface area contributed by atoms with Crippen LogP contribution in [0.2, 0.25) is 5.02 Å². The monoisotopic (exact) mass is 600 g/mol. The number of fused-ring (bicyclic) bond motifs is 3. The smallest absolute Gasteiger partial charge is 0.255 e. The predicted molar refractivity (Wildman–Crippen MR) is 163 cm³/mol. The van der Waals surface area contributed by atoms with Gasteiger partial charge in [-0.2, -0.15) is 0 Å². The van der Waals surface area contributed by atoms with E-state index in [1.54, 1.807) is 4.90 Å². The number of imide groups is 1. The molecule has 1 aliphatic carbocycles. The van der Waals surface area contributed by atoms with E-state index in [-0.39, 0.29) is 29.6 Å². The number of nitrogens with zero attached hydrogens (tertiary/aromatic N) is 3. The molecule has 0 aromatic heterocycles. The Morgan fingerprint density at radius 2 is 1.77 bits per heavy atom. The lowest BCUT2D eigenvalue weighted by Gasteiger charge is -2.56. The van der Waals surface area contributed by atoms with Crippen LogP contribution in [-0.4, -0.2) is 69.5 Å². The molecule has 5 aliphatic heterocycles. The first-order chi connectivity index (χ1) is 20.6. The summed E-state index contributed by atoms with van der Waals surface area (Å²) >= 11 is 6.16. The highest BCUT2D eigenvalue weighted by Gasteiger charge is 2.47. The molecule has 0 spiro atoms. The largest absolute Gasteiger partial charge is 0.336 e. The molecule has 0 radical (unpaired) electrons. The van der Waals surface area contributed by atoms with Crippen molar-refractivity contribution in [3.63, 3.8) is 0 Å². The van der Waals surface area contributed by atoms with Gasteiger partial charge in [-0.3, -0.25) is 29.4 Å². The van der Waals surface area contributed by atoms with Crippen LogP contribution >= 0.6 is 11.6 Å². The lowest BCUT2D eigenvalue weighted by atomic mass is 9.72. The highest BCUT2D eigenvalue weighted by atomic mass is 35.5. The van der Waals surface area contributed by atoms with Gasteiger partial charge in [-0.25, -0.2) is 0 Å². The second-order valence-corrected chi connectivity index (χ2v) is 14.1. The maximum absolute atomic E-state index is 13.9. The van der Waals surface area contributed by atoms with Crippen LogP contribution in [0.5, 0.6) is 0 Å².